The van der Waals surface area contributed by atoms with Crippen LogP contribution >= 0.6 is 0 Å². The zero-order chi connectivity index (χ0) is 19.8. The molecule has 7 heteroatoms. The van der Waals surface area contributed by atoms with Crippen molar-refractivity contribution in [2.75, 3.05) is 26.4 Å². The predicted octanol–water partition coefficient (Wildman–Crippen LogP) is 3.03. The third-order valence-corrected chi connectivity index (χ3v) is 4.97. The van der Waals surface area contributed by atoms with Gasteiger partial charge >= 0.3 is 11.9 Å². The second-order valence-corrected chi connectivity index (χ2v) is 6.98. The van der Waals surface area contributed by atoms with Gasteiger partial charge in [0, 0.05) is 13.1 Å². The quantitative estimate of drug-likeness (QED) is 0.651. The van der Waals surface area contributed by atoms with Crippen molar-refractivity contribution in [3.05, 3.63) is 54.1 Å². The lowest BCUT2D eigenvalue weighted by atomic mass is 10.1. The minimum Gasteiger partial charge on any atom is -0.460 e. The summed E-state index contributed by atoms with van der Waals surface area (Å²) in [6.07, 6.45) is 6.66. The molecular formula is C21H27N3O4. The van der Waals surface area contributed by atoms with Gasteiger partial charge in [0.25, 0.3) is 0 Å². The van der Waals surface area contributed by atoms with Crippen LogP contribution in [-0.4, -0.2) is 52.8 Å². The molecule has 0 spiro atoms. The maximum atomic E-state index is 12.4. The highest BCUT2D eigenvalue weighted by Crippen LogP contribution is 2.19. The summed E-state index contributed by atoms with van der Waals surface area (Å²) >= 11 is 0. The first-order valence-corrected chi connectivity index (χ1v) is 9.77. The van der Waals surface area contributed by atoms with Gasteiger partial charge in [-0.25, -0.2) is 9.78 Å². The lowest BCUT2D eigenvalue weighted by Gasteiger charge is -2.25. The summed E-state index contributed by atoms with van der Waals surface area (Å²) in [6, 6.07) is 9.80. The van der Waals surface area contributed by atoms with Crippen molar-refractivity contribution in [2.45, 2.75) is 38.6 Å². The minimum atomic E-state index is -0.496. The van der Waals surface area contributed by atoms with E-state index in [0.29, 0.717) is 12.4 Å². The number of esters is 2. The molecule has 2 aromatic rings. The Morgan fingerprint density at radius 1 is 1.11 bits per heavy atom. The van der Waals surface area contributed by atoms with Crippen molar-refractivity contribution in [1.82, 2.24) is 14.5 Å². The molecule has 0 aliphatic carbocycles. The van der Waals surface area contributed by atoms with Crippen LogP contribution < -0.4 is 0 Å². The van der Waals surface area contributed by atoms with Crippen molar-refractivity contribution in [3.8, 4) is 0 Å². The number of nitrogens with zero attached hydrogens (tertiary/aromatic N) is 3. The predicted molar refractivity (Wildman–Crippen MR) is 104 cm³/mol. The van der Waals surface area contributed by atoms with Gasteiger partial charge in [0.15, 0.2) is 0 Å². The van der Waals surface area contributed by atoms with E-state index in [1.807, 2.05) is 37.3 Å². The Hall–Kier alpha value is -2.67. The Kier molecular flexibility index (Phi) is 7.19. The molecule has 1 atom stereocenters. The monoisotopic (exact) mass is 385 g/mol. The smallest absolute Gasteiger partial charge is 0.356 e. The molecular weight excluding hydrogens is 358 g/mol. The van der Waals surface area contributed by atoms with Gasteiger partial charge in [-0.05, 0) is 25.3 Å². The fourth-order valence-electron chi connectivity index (χ4n) is 3.29. The molecule has 7 nitrogen and oxygen atoms in total. The zero-order valence-electron chi connectivity index (χ0n) is 16.3. The Morgan fingerprint density at radius 2 is 1.86 bits per heavy atom. The number of carbonyl (C=O) groups is 2. The Balaban J connectivity index is 1.45. The average molecular weight is 385 g/mol. The second kappa shape index (κ2) is 10.0. The summed E-state index contributed by atoms with van der Waals surface area (Å²) < 4.78 is 12.3. The SMILES string of the molecule is C[C@H](c1ccccc1)n1cncc1C(=O)OCCC(=O)OCN1CCCCC1. The minimum absolute atomic E-state index is 0.0113. The molecule has 0 amide bonds. The molecule has 1 fully saturated rings. The van der Waals surface area contributed by atoms with Crippen molar-refractivity contribution < 1.29 is 19.1 Å². The molecule has 1 aliphatic heterocycles. The molecule has 1 saturated heterocycles. The summed E-state index contributed by atoms with van der Waals surface area (Å²) in [4.78, 5) is 30.5. The van der Waals surface area contributed by atoms with E-state index in [4.69, 9.17) is 9.47 Å². The highest BCUT2D eigenvalue weighted by Gasteiger charge is 2.19. The Bertz CT molecular complexity index is 769. The summed E-state index contributed by atoms with van der Waals surface area (Å²) in [5, 5.41) is 0. The number of aromatic nitrogens is 2. The maximum absolute atomic E-state index is 12.4. The molecule has 0 N–H and O–H groups in total. The molecule has 1 aromatic heterocycles. The van der Waals surface area contributed by atoms with Crippen molar-refractivity contribution in [3.63, 3.8) is 0 Å². The topological polar surface area (TPSA) is 73.7 Å². The first-order chi connectivity index (χ1) is 13.6. The third kappa shape index (κ3) is 5.42. The second-order valence-electron chi connectivity index (χ2n) is 6.98. The van der Waals surface area contributed by atoms with Crippen molar-refractivity contribution >= 4 is 11.9 Å². The number of rotatable bonds is 8. The van der Waals surface area contributed by atoms with Gasteiger partial charge in [0.05, 0.1) is 25.0 Å². The highest BCUT2D eigenvalue weighted by atomic mass is 16.6. The molecule has 0 radical (unpaired) electrons. The molecule has 1 aliphatic rings. The van der Waals surface area contributed by atoms with Crippen LogP contribution in [0.5, 0.6) is 0 Å². The standard InChI is InChI=1S/C21H27N3O4/c1-17(18-8-4-2-5-9-18)24-15-22-14-19(24)21(26)27-13-10-20(25)28-16-23-11-6-3-7-12-23/h2,4-5,8-9,14-15,17H,3,6-7,10-13,16H2,1H3/t17-/m1/s1. The molecule has 2 heterocycles. The molecule has 0 unspecified atom stereocenters. The normalized spacial score (nSPS) is 15.8. The van der Waals surface area contributed by atoms with E-state index in [0.717, 1.165) is 31.5 Å². The number of hydrogen-bond donors (Lipinski definition) is 0. The fraction of sp³-hybridized carbons (Fsp3) is 0.476. The van der Waals surface area contributed by atoms with E-state index >= 15 is 0 Å². The van der Waals surface area contributed by atoms with Gasteiger partial charge in [-0.1, -0.05) is 36.8 Å². The third-order valence-electron chi connectivity index (χ3n) is 4.97. The lowest BCUT2D eigenvalue weighted by Crippen LogP contribution is -2.33. The molecule has 28 heavy (non-hydrogen) atoms. The van der Waals surface area contributed by atoms with Crippen LogP contribution in [0.2, 0.25) is 0 Å². The lowest BCUT2D eigenvalue weighted by molar-refractivity contribution is -0.149. The number of piperidine rings is 1. The van der Waals surface area contributed by atoms with Crippen LogP contribution in [0.25, 0.3) is 0 Å². The van der Waals surface area contributed by atoms with Gasteiger partial charge in [-0.2, -0.15) is 0 Å². The molecule has 0 saturated carbocycles. The van der Waals surface area contributed by atoms with Gasteiger partial charge in [0.2, 0.25) is 0 Å². The van der Waals surface area contributed by atoms with E-state index in [-0.39, 0.29) is 25.0 Å². The summed E-state index contributed by atoms with van der Waals surface area (Å²) in [5.41, 5.74) is 1.42. The van der Waals surface area contributed by atoms with Crippen LogP contribution in [-0.2, 0) is 14.3 Å². The van der Waals surface area contributed by atoms with E-state index in [1.54, 1.807) is 10.9 Å². The number of benzene rings is 1. The number of ether oxygens (including phenoxy) is 2. The van der Waals surface area contributed by atoms with Gasteiger partial charge < -0.3 is 14.0 Å². The van der Waals surface area contributed by atoms with E-state index in [1.165, 1.54) is 12.6 Å². The fourth-order valence-corrected chi connectivity index (χ4v) is 3.29. The summed E-state index contributed by atoms with van der Waals surface area (Å²) in [5.74, 6) is -0.853. The van der Waals surface area contributed by atoms with Crippen LogP contribution in [0.15, 0.2) is 42.9 Å². The van der Waals surface area contributed by atoms with Crippen LogP contribution in [0, 0.1) is 0 Å². The van der Waals surface area contributed by atoms with Gasteiger partial charge in [-0.15, -0.1) is 0 Å². The van der Waals surface area contributed by atoms with Crippen molar-refractivity contribution in [2.24, 2.45) is 0 Å². The first-order valence-electron chi connectivity index (χ1n) is 9.77. The number of likely N-dealkylation sites (tertiary alicyclic amines) is 1. The first kappa shape index (κ1) is 20.1. The van der Waals surface area contributed by atoms with E-state index in [9.17, 15) is 9.59 Å². The van der Waals surface area contributed by atoms with Gasteiger partial charge in [-0.3, -0.25) is 9.69 Å². The largest absolute Gasteiger partial charge is 0.460 e. The molecule has 150 valence electrons. The zero-order valence-corrected chi connectivity index (χ0v) is 16.3. The molecule has 1 aromatic carbocycles. The number of hydrogen-bond acceptors (Lipinski definition) is 6. The average Bonchev–Trinajstić information content (AvgIpc) is 3.23. The Labute approximate surface area is 165 Å². The Morgan fingerprint density at radius 3 is 2.61 bits per heavy atom. The van der Waals surface area contributed by atoms with Crippen molar-refractivity contribution in [1.29, 1.82) is 0 Å². The molecule has 0 bridgehead atoms. The van der Waals surface area contributed by atoms with Gasteiger partial charge in [0.1, 0.15) is 19.0 Å². The molecule has 3 rings (SSSR count). The highest BCUT2D eigenvalue weighted by molar-refractivity contribution is 5.87. The number of imidazole rings is 1. The van der Waals surface area contributed by atoms with Crippen LogP contribution in [0.3, 0.4) is 0 Å². The van der Waals surface area contributed by atoms with Crippen LogP contribution in [0.1, 0.15) is 54.7 Å². The van der Waals surface area contributed by atoms with E-state index in [2.05, 4.69) is 9.88 Å². The summed E-state index contributed by atoms with van der Waals surface area (Å²) in [7, 11) is 0. The van der Waals surface area contributed by atoms with Crippen LogP contribution in [0.4, 0.5) is 0 Å². The summed E-state index contributed by atoms with van der Waals surface area (Å²) in [6.45, 7) is 4.22. The van der Waals surface area contributed by atoms with E-state index < -0.39 is 5.97 Å². The maximum Gasteiger partial charge on any atom is 0.356 e. The number of carbonyl (C=O) groups excluding carboxylic acids is 2.